The van der Waals surface area contributed by atoms with Gasteiger partial charge in [-0.25, -0.2) is 0 Å². The fourth-order valence-electron chi connectivity index (χ4n) is 2.28. The van der Waals surface area contributed by atoms with Crippen molar-refractivity contribution in [2.45, 2.75) is 45.2 Å². The van der Waals surface area contributed by atoms with Crippen LogP contribution in [-0.4, -0.2) is 18.3 Å². The van der Waals surface area contributed by atoms with Crippen molar-refractivity contribution in [1.29, 1.82) is 0 Å². The molecule has 100 valence electrons. The minimum atomic E-state index is 0.258. The van der Waals surface area contributed by atoms with E-state index in [1.165, 1.54) is 19.3 Å². The predicted molar refractivity (Wildman–Crippen MR) is 72.9 cm³/mol. The molecule has 0 bridgehead atoms. The fourth-order valence-corrected chi connectivity index (χ4v) is 2.28. The topological polar surface area (TPSA) is 41.5 Å². The van der Waals surface area contributed by atoms with Gasteiger partial charge in [-0.3, -0.25) is 0 Å². The van der Waals surface area contributed by atoms with Gasteiger partial charge >= 0.3 is 0 Å². The highest BCUT2D eigenvalue weighted by Crippen LogP contribution is 2.34. The summed E-state index contributed by atoms with van der Waals surface area (Å²) in [5, 5.41) is 13.5. The zero-order valence-electron chi connectivity index (χ0n) is 11.3. The van der Waals surface area contributed by atoms with E-state index in [4.69, 9.17) is 4.74 Å². The van der Waals surface area contributed by atoms with Crippen LogP contribution in [0.25, 0.3) is 0 Å². The lowest BCUT2D eigenvalue weighted by atomic mass is 10.1. The second-order valence-electron chi connectivity index (χ2n) is 5.13. The SMILES string of the molecule is CCC(CC1CC1)NCc1cccc(OC)c1O. The highest BCUT2D eigenvalue weighted by Gasteiger charge is 2.24. The van der Waals surface area contributed by atoms with E-state index in [0.717, 1.165) is 17.9 Å². The molecule has 0 radical (unpaired) electrons. The first kappa shape index (κ1) is 13.2. The summed E-state index contributed by atoms with van der Waals surface area (Å²) >= 11 is 0. The summed E-state index contributed by atoms with van der Waals surface area (Å²) in [6.07, 6.45) is 5.19. The van der Waals surface area contributed by atoms with Gasteiger partial charge in [-0.2, -0.15) is 0 Å². The Morgan fingerprint density at radius 3 is 2.83 bits per heavy atom. The second-order valence-corrected chi connectivity index (χ2v) is 5.13. The number of phenols is 1. The minimum Gasteiger partial charge on any atom is -0.504 e. The molecule has 1 saturated carbocycles. The molecule has 0 aliphatic heterocycles. The van der Waals surface area contributed by atoms with E-state index in [0.29, 0.717) is 18.3 Å². The zero-order valence-corrected chi connectivity index (χ0v) is 11.3. The molecule has 2 N–H and O–H groups in total. The molecular formula is C15H23NO2. The molecule has 1 aliphatic rings. The number of hydrogen-bond donors (Lipinski definition) is 2. The van der Waals surface area contributed by atoms with Gasteiger partial charge in [0, 0.05) is 18.2 Å². The van der Waals surface area contributed by atoms with Crippen LogP contribution < -0.4 is 10.1 Å². The van der Waals surface area contributed by atoms with Crippen LogP contribution in [-0.2, 0) is 6.54 Å². The van der Waals surface area contributed by atoms with E-state index in [1.807, 2.05) is 12.1 Å². The van der Waals surface area contributed by atoms with E-state index in [-0.39, 0.29) is 5.75 Å². The van der Waals surface area contributed by atoms with Crippen LogP contribution in [0.4, 0.5) is 0 Å². The van der Waals surface area contributed by atoms with Gasteiger partial charge in [0.2, 0.25) is 0 Å². The Balaban J connectivity index is 1.91. The van der Waals surface area contributed by atoms with Crippen molar-refractivity contribution in [3.8, 4) is 11.5 Å². The van der Waals surface area contributed by atoms with Gasteiger partial charge in [-0.05, 0) is 24.8 Å². The minimum absolute atomic E-state index is 0.258. The molecule has 1 atom stereocenters. The van der Waals surface area contributed by atoms with Crippen molar-refractivity contribution < 1.29 is 9.84 Å². The number of aromatic hydroxyl groups is 1. The molecule has 3 nitrogen and oxygen atoms in total. The lowest BCUT2D eigenvalue weighted by molar-refractivity contribution is 0.367. The molecule has 0 saturated heterocycles. The number of phenolic OH excluding ortho intramolecular Hbond substituents is 1. The monoisotopic (exact) mass is 249 g/mol. The molecule has 3 heteroatoms. The average molecular weight is 249 g/mol. The van der Waals surface area contributed by atoms with E-state index in [1.54, 1.807) is 13.2 Å². The van der Waals surface area contributed by atoms with Gasteiger partial charge in [0.05, 0.1) is 7.11 Å². The molecule has 0 aromatic heterocycles. The van der Waals surface area contributed by atoms with Crippen LogP contribution >= 0.6 is 0 Å². The molecule has 0 heterocycles. The Morgan fingerprint density at radius 2 is 2.22 bits per heavy atom. The molecule has 0 spiro atoms. The first-order valence-corrected chi connectivity index (χ1v) is 6.82. The average Bonchev–Trinajstić information content (AvgIpc) is 3.19. The second kappa shape index (κ2) is 6.10. The number of nitrogens with one attached hydrogen (secondary N) is 1. The lowest BCUT2D eigenvalue weighted by Gasteiger charge is -2.17. The molecule has 1 aromatic rings. The quantitative estimate of drug-likeness (QED) is 0.780. The van der Waals surface area contributed by atoms with Crippen molar-refractivity contribution >= 4 is 0 Å². The predicted octanol–water partition coefficient (Wildman–Crippen LogP) is 3.07. The van der Waals surface area contributed by atoms with Crippen LogP contribution in [0.3, 0.4) is 0 Å². The maximum atomic E-state index is 10.0. The van der Waals surface area contributed by atoms with E-state index in [2.05, 4.69) is 12.2 Å². The fraction of sp³-hybridized carbons (Fsp3) is 0.600. The number of methoxy groups -OCH3 is 1. The van der Waals surface area contributed by atoms with Gasteiger partial charge in [0.1, 0.15) is 0 Å². The van der Waals surface area contributed by atoms with Crippen molar-refractivity contribution in [1.82, 2.24) is 5.32 Å². The molecular weight excluding hydrogens is 226 g/mol. The molecule has 0 amide bonds. The third-order valence-electron chi connectivity index (χ3n) is 3.69. The van der Waals surface area contributed by atoms with Gasteiger partial charge in [0.25, 0.3) is 0 Å². The maximum absolute atomic E-state index is 10.0. The largest absolute Gasteiger partial charge is 0.504 e. The highest BCUT2D eigenvalue weighted by molar-refractivity contribution is 5.45. The van der Waals surface area contributed by atoms with E-state index < -0.39 is 0 Å². The molecule has 1 fully saturated rings. The molecule has 1 unspecified atom stereocenters. The molecule has 1 aromatic carbocycles. The van der Waals surface area contributed by atoms with Gasteiger partial charge < -0.3 is 15.2 Å². The van der Waals surface area contributed by atoms with Crippen molar-refractivity contribution in [2.75, 3.05) is 7.11 Å². The van der Waals surface area contributed by atoms with Crippen LogP contribution in [0.5, 0.6) is 11.5 Å². The summed E-state index contributed by atoms with van der Waals surface area (Å²) in [6.45, 7) is 2.92. The number of hydrogen-bond acceptors (Lipinski definition) is 3. The summed E-state index contributed by atoms with van der Waals surface area (Å²) in [5.41, 5.74) is 0.906. The van der Waals surface area contributed by atoms with Crippen LogP contribution in [0.2, 0.25) is 0 Å². The van der Waals surface area contributed by atoms with Crippen molar-refractivity contribution in [2.24, 2.45) is 5.92 Å². The Bertz CT molecular complexity index is 388. The maximum Gasteiger partial charge on any atom is 0.162 e. The normalized spacial score (nSPS) is 16.6. The zero-order chi connectivity index (χ0) is 13.0. The standard InChI is InChI=1S/C15H23NO2/c1-3-13(9-11-7-8-11)16-10-12-5-4-6-14(18-2)15(12)17/h4-6,11,13,16-17H,3,7-10H2,1-2H3. The number of benzene rings is 1. The Morgan fingerprint density at radius 1 is 1.44 bits per heavy atom. The number of para-hydroxylation sites is 1. The summed E-state index contributed by atoms with van der Waals surface area (Å²) in [6, 6.07) is 6.19. The Labute approximate surface area is 109 Å². The summed E-state index contributed by atoms with van der Waals surface area (Å²) < 4.78 is 5.12. The van der Waals surface area contributed by atoms with E-state index >= 15 is 0 Å². The number of ether oxygens (including phenoxy) is 1. The van der Waals surface area contributed by atoms with Gasteiger partial charge in [-0.1, -0.05) is 31.9 Å². The van der Waals surface area contributed by atoms with Gasteiger partial charge in [0.15, 0.2) is 11.5 Å². The molecule has 2 rings (SSSR count). The number of rotatable bonds is 7. The summed E-state index contributed by atoms with van der Waals surface area (Å²) in [7, 11) is 1.58. The van der Waals surface area contributed by atoms with Crippen LogP contribution in [0.1, 0.15) is 38.2 Å². The van der Waals surface area contributed by atoms with E-state index in [9.17, 15) is 5.11 Å². The highest BCUT2D eigenvalue weighted by atomic mass is 16.5. The molecule has 1 aliphatic carbocycles. The van der Waals surface area contributed by atoms with Gasteiger partial charge in [-0.15, -0.1) is 0 Å². The van der Waals surface area contributed by atoms with Crippen LogP contribution in [0, 0.1) is 5.92 Å². The molecule has 18 heavy (non-hydrogen) atoms. The first-order valence-electron chi connectivity index (χ1n) is 6.82. The third kappa shape index (κ3) is 3.39. The Kier molecular flexibility index (Phi) is 4.48. The summed E-state index contributed by atoms with van der Waals surface area (Å²) in [4.78, 5) is 0. The van der Waals surface area contributed by atoms with Crippen molar-refractivity contribution in [3.63, 3.8) is 0 Å². The Hall–Kier alpha value is -1.22. The first-order chi connectivity index (χ1) is 8.74. The smallest absolute Gasteiger partial charge is 0.162 e. The van der Waals surface area contributed by atoms with Crippen LogP contribution in [0.15, 0.2) is 18.2 Å². The lowest BCUT2D eigenvalue weighted by Crippen LogP contribution is -2.28. The summed E-state index contributed by atoms with van der Waals surface area (Å²) in [5.74, 6) is 1.74. The van der Waals surface area contributed by atoms with Crippen molar-refractivity contribution in [3.05, 3.63) is 23.8 Å². The third-order valence-corrected chi connectivity index (χ3v) is 3.69.